The quantitative estimate of drug-likeness (QED) is 0.534. The number of hydrogen-bond acceptors (Lipinski definition) is 4. The van der Waals surface area contributed by atoms with Gasteiger partial charge in [0.15, 0.2) is 0 Å². The Balaban J connectivity index is 2.29. The van der Waals surface area contributed by atoms with Gasteiger partial charge in [-0.1, -0.05) is 11.6 Å². The summed E-state index contributed by atoms with van der Waals surface area (Å²) in [6.45, 7) is 3.97. The van der Waals surface area contributed by atoms with Gasteiger partial charge in [-0.2, -0.15) is 0 Å². The molecule has 110 valence electrons. The number of nitro groups is 1. The molecule has 1 amide bonds. The van der Waals surface area contributed by atoms with Crippen LogP contribution in [-0.2, 0) is 6.54 Å². The molecule has 8 heteroatoms. The minimum Gasteiger partial charge on any atom is -0.337 e. The van der Waals surface area contributed by atoms with E-state index in [4.69, 9.17) is 11.6 Å². The third-order valence-electron chi connectivity index (χ3n) is 2.97. The van der Waals surface area contributed by atoms with Crippen molar-refractivity contribution in [2.75, 3.05) is 5.32 Å². The van der Waals surface area contributed by atoms with Crippen LogP contribution in [0.5, 0.6) is 0 Å². The van der Waals surface area contributed by atoms with Crippen molar-refractivity contribution in [3.8, 4) is 0 Å². The average Bonchev–Trinajstić information content (AvgIpc) is 2.86. The van der Waals surface area contributed by atoms with Crippen molar-refractivity contribution in [3.63, 3.8) is 0 Å². The highest BCUT2D eigenvalue weighted by atomic mass is 35.5. The Morgan fingerprint density at radius 1 is 1.52 bits per heavy atom. The summed E-state index contributed by atoms with van der Waals surface area (Å²) in [5.74, 6) is -0.433. The molecule has 0 bridgehead atoms. The maximum Gasteiger partial charge on any atom is 0.287 e. The van der Waals surface area contributed by atoms with Crippen LogP contribution < -0.4 is 5.32 Å². The first kappa shape index (κ1) is 15.0. The average molecular weight is 309 g/mol. The summed E-state index contributed by atoms with van der Waals surface area (Å²) in [5.41, 5.74) is 1.18. The zero-order valence-electron chi connectivity index (χ0n) is 11.5. The van der Waals surface area contributed by atoms with E-state index in [1.165, 1.54) is 16.8 Å². The fraction of sp³-hybridized carbons (Fsp3) is 0.231. The van der Waals surface area contributed by atoms with E-state index in [1.54, 1.807) is 26.0 Å². The lowest BCUT2D eigenvalue weighted by Crippen LogP contribution is -2.17. The number of halogens is 1. The Morgan fingerprint density at radius 3 is 2.81 bits per heavy atom. The molecule has 0 fully saturated rings. The van der Waals surface area contributed by atoms with Crippen molar-refractivity contribution in [2.45, 2.75) is 20.4 Å². The lowest BCUT2D eigenvalue weighted by Gasteiger charge is -2.09. The molecule has 2 aromatic rings. The summed E-state index contributed by atoms with van der Waals surface area (Å²) in [5, 5.41) is 13.8. The lowest BCUT2D eigenvalue weighted by atomic mass is 10.3. The first-order valence-electron chi connectivity index (χ1n) is 6.21. The minimum atomic E-state index is -0.530. The zero-order valence-corrected chi connectivity index (χ0v) is 12.2. The van der Waals surface area contributed by atoms with Crippen molar-refractivity contribution in [2.24, 2.45) is 0 Å². The van der Waals surface area contributed by atoms with Gasteiger partial charge in [0.05, 0.1) is 22.5 Å². The number of aromatic nitrogens is 2. The van der Waals surface area contributed by atoms with Crippen LogP contribution in [0.3, 0.4) is 0 Å². The van der Waals surface area contributed by atoms with Crippen LogP contribution >= 0.6 is 11.6 Å². The molecular formula is C13H13ClN4O3. The molecule has 7 nitrogen and oxygen atoms in total. The molecule has 0 unspecified atom stereocenters. The molecule has 2 rings (SSSR count). The normalized spacial score (nSPS) is 10.4. The molecule has 0 saturated carbocycles. The van der Waals surface area contributed by atoms with Crippen molar-refractivity contribution in [3.05, 3.63) is 51.1 Å². The number of nitrogens with zero attached hydrogens (tertiary/aromatic N) is 3. The van der Waals surface area contributed by atoms with Gasteiger partial charge in [0.1, 0.15) is 10.8 Å². The van der Waals surface area contributed by atoms with Crippen LogP contribution in [0, 0.1) is 17.0 Å². The molecule has 0 spiro atoms. The van der Waals surface area contributed by atoms with Gasteiger partial charge in [-0.3, -0.25) is 14.9 Å². The highest BCUT2D eigenvalue weighted by Gasteiger charge is 2.19. The Labute approximate surface area is 125 Å². The van der Waals surface area contributed by atoms with E-state index >= 15 is 0 Å². The van der Waals surface area contributed by atoms with E-state index in [1.807, 2.05) is 0 Å². The van der Waals surface area contributed by atoms with Crippen LogP contribution in [0.1, 0.15) is 23.1 Å². The molecule has 21 heavy (non-hydrogen) atoms. The van der Waals surface area contributed by atoms with Crippen molar-refractivity contribution in [1.29, 1.82) is 0 Å². The van der Waals surface area contributed by atoms with E-state index in [0.29, 0.717) is 23.1 Å². The number of hydrogen-bond donors (Lipinski definition) is 1. The number of aryl methyl sites for hydroxylation is 2. The minimum absolute atomic E-state index is 0.118. The monoisotopic (exact) mass is 308 g/mol. The molecule has 2 aromatic heterocycles. The van der Waals surface area contributed by atoms with Crippen molar-refractivity contribution in [1.82, 2.24) is 9.55 Å². The number of anilines is 1. The number of carbonyl (C=O) groups excluding carboxylic acids is 1. The summed E-state index contributed by atoms with van der Waals surface area (Å²) >= 11 is 5.75. The fourth-order valence-electron chi connectivity index (χ4n) is 1.90. The van der Waals surface area contributed by atoms with E-state index < -0.39 is 10.8 Å². The second kappa shape index (κ2) is 5.92. The third-order valence-corrected chi connectivity index (χ3v) is 3.18. The molecule has 1 N–H and O–H groups in total. The molecule has 0 aliphatic carbocycles. The van der Waals surface area contributed by atoms with E-state index in [0.717, 1.165) is 0 Å². The summed E-state index contributed by atoms with van der Waals surface area (Å²) in [6, 6.07) is 4.44. The molecule has 0 saturated heterocycles. The fourth-order valence-corrected chi connectivity index (χ4v) is 2.09. The van der Waals surface area contributed by atoms with Gasteiger partial charge in [0, 0.05) is 12.6 Å². The van der Waals surface area contributed by atoms with E-state index in [2.05, 4.69) is 10.3 Å². The number of nitrogens with one attached hydrogen (secondary N) is 1. The maximum atomic E-state index is 12.3. The smallest absolute Gasteiger partial charge is 0.287 e. The van der Waals surface area contributed by atoms with Gasteiger partial charge in [-0.15, -0.1) is 0 Å². The van der Waals surface area contributed by atoms with E-state index in [-0.39, 0.29) is 11.4 Å². The summed E-state index contributed by atoms with van der Waals surface area (Å²) < 4.78 is 1.52. The van der Waals surface area contributed by atoms with Crippen LogP contribution in [-0.4, -0.2) is 20.4 Å². The maximum absolute atomic E-state index is 12.3. The van der Waals surface area contributed by atoms with Crippen LogP contribution in [0.25, 0.3) is 0 Å². The summed E-state index contributed by atoms with van der Waals surface area (Å²) in [4.78, 5) is 26.5. The molecular weight excluding hydrogens is 296 g/mol. The van der Waals surface area contributed by atoms with Crippen LogP contribution in [0.4, 0.5) is 11.4 Å². The molecule has 0 aliphatic heterocycles. The summed E-state index contributed by atoms with van der Waals surface area (Å²) in [6.07, 6.45) is 1.34. The van der Waals surface area contributed by atoms with Gasteiger partial charge in [0.2, 0.25) is 0 Å². The Morgan fingerprint density at radius 2 is 2.24 bits per heavy atom. The van der Waals surface area contributed by atoms with Crippen molar-refractivity contribution < 1.29 is 9.72 Å². The molecule has 0 radical (unpaired) electrons. The zero-order chi connectivity index (χ0) is 15.6. The Hall–Kier alpha value is -2.41. The Kier molecular flexibility index (Phi) is 4.23. The first-order valence-corrected chi connectivity index (χ1v) is 6.59. The predicted molar refractivity (Wildman–Crippen MR) is 78.7 cm³/mol. The second-order valence-electron chi connectivity index (χ2n) is 4.35. The lowest BCUT2D eigenvalue weighted by molar-refractivity contribution is -0.384. The van der Waals surface area contributed by atoms with Gasteiger partial charge in [-0.05, 0) is 26.0 Å². The van der Waals surface area contributed by atoms with Gasteiger partial charge < -0.3 is 9.88 Å². The van der Waals surface area contributed by atoms with Gasteiger partial charge in [-0.25, -0.2) is 4.98 Å². The highest BCUT2D eigenvalue weighted by Crippen LogP contribution is 2.20. The molecule has 2 heterocycles. The largest absolute Gasteiger partial charge is 0.337 e. The van der Waals surface area contributed by atoms with Crippen molar-refractivity contribution >= 4 is 28.9 Å². The van der Waals surface area contributed by atoms with Gasteiger partial charge in [0.25, 0.3) is 11.6 Å². The van der Waals surface area contributed by atoms with Crippen LogP contribution in [0.2, 0.25) is 5.15 Å². The number of amides is 1. The molecule has 0 aliphatic rings. The number of pyridine rings is 1. The highest BCUT2D eigenvalue weighted by molar-refractivity contribution is 6.29. The SMILES string of the molecule is CCn1cc([N+](=O)[O-])cc1C(=O)Nc1ccc(Cl)nc1C. The number of carbonyl (C=O) groups is 1. The van der Waals surface area contributed by atoms with Gasteiger partial charge >= 0.3 is 0 Å². The standard InChI is InChI=1S/C13H13ClN4O3/c1-3-17-7-9(18(20)21)6-11(17)13(19)16-10-4-5-12(14)15-8(10)2/h4-7H,3H2,1-2H3,(H,16,19). The first-order chi connectivity index (χ1) is 9.92. The number of rotatable bonds is 4. The topological polar surface area (TPSA) is 90.1 Å². The predicted octanol–water partition coefficient (Wildman–Crippen LogP) is 3.03. The molecule has 0 aromatic carbocycles. The van der Waals surface area contributed by atoms with E-state index in [9.17, 15) is 14.9 Å². The Bertz CT molecular complexity index is 711. The second-order valence-corrected chi connectivity index (χ2v) is 4.73. The summed E-state index contributed by atoms with van der Waals surface area (Å²) in [7, 11) is 0. The third kappa shape index (κ3) is 3.19. The molecule has 0 atom stereocenters. The van der Waals surface area contributed by atoms with Crippen LogP contribution in [0.15, 0.2) is 24.4 Å².